The second-order valence-electron chi connectivity index (χ2n) is 4.23. The van der Waals surface area contributed by atoms with Crippen molar-refractivity contribution in [2.45, 2.75) is 23.8 Å². The summed E-state index contributed by atoms with van der Waals surface area (Å²) in [5, 5.41) is 8.70. The van der Waals surface area contributed by atoms with Crippen LogP contribution in [-0.4, -0.2) is 25.3 Å². The van der Waals surface area contributed by atoms with Gasteiger partial charge in [-0.05, 0) is 37.1 Å². The lowest BCUT2D eigenvalue weighted by atomic mass is 10.2. The predicted molar refractivity (Wildman–Crippen MR) is 68.3 cm³/mol. The lowest BCUT2D eigenvalue weighted by Crippen LogP contribution is -2.33. The molecule has 0 saturated heterocycles. The maximum atomic E-state index is 12.4. The van der Waals surface area contributed by atoms with Crippen LogP contribution in [0.2, 0.25) is 0 Å². The number of benzene rings is 1. The molecule has 0 radical (unpaired) electrons. The largest absolute Gasteiger partial charge is 0.243 e. The molecular formula is C13H14N2O2S. The van der Waals surface area contributed by atoms with Crippen molar-refractivity contribution in [2.24, 2.45) is 0 Å². The van der Waals surface area contributed by atoms with Crippen molar-refractivity contribution in [1.29, 1.82) is 5.26 Å². The van der Waals surface area contributed by atoms with Gasteiger partial charge in [0.05, 0.1) is 16.5 Å². The molecule has 2 rings (SSSR count). The molecule has 1 aliphatic carbocycles. The SMILES string of the molecule is C=CCN(C1CC1)S(=O)(=O)c1ccc(C#N)cc1. The van der Waals surface area contributed by atoms with Crippen molar-refractivity contribution < 1.29 is 8.42 Å². The Kier molecular flexibility index (Phi) is 3.50. The molecule has 1 aliphatic rings. The van der Waals surface area contributed by atoms with Crippen LogP contribution in [0.5, 0.6) is 0 Å². The van der Waals surface area contributed by atoms with E-state index in [1.54, 1.807) is 6.08 Å². The van der Waals surface area contributed by atoms with Gasteiger partial charge in [0.15, 0.2) is 0 Å². The van der Waals surface area contributed by atoms with Gasteiger partial charge in [-0.25, -0.2) is 8.42 Å². The summed E-state index contributed by atoms with van der Waals surface area (Å²) in [5.41, 5.74) is 0.454. The molecule has 0 heterocycles. The summed E-state index contributed by atoms with van der Waals surface area (Å²) in [6, 6.07) is 8.07. The van der Waals surface area contributed by atoms with Crippen LogP contribution in [0.4, 0.5) is 0 Å². The maximum absolute atomic E-state index is 12.4. The van der Waals surface area contributed by atoms with Crippen molar-refractivity contribution >= 4 is 10.0 Å². The topological polar surface area (TPSA) is 61.2 Å². The van der Waals surface area contributed by atoms with E-state index in [2.05, 4.69) is 6.58 Å². The fourth-order valence-corrected chi connectivity index (χ4v) is 3.43. The minimum absolute atomic E-state index is 0.101. The number of nitriles is 1. The van der Waals surface area contributed by atoms with E-state index in [9.17, 15) is 8.42 Å². The Labute approximate surface area is 107 Å². The average Bonchev–Trinajstić information content (AvgIpc) is 3.20. The zero-order chi connectivity index (χ0) is 13.2. The van der Waals surface area contributed by atoms with Gasteiger partial charge in [-0.2, -0.15) is 9.57 Å². The zero-order valence-electron chi connectivity index (χ0n) is 9.91. The van der Waals surface area contributed by atoms with E-state index in [-0.39, 0.29) is 10.9 Å². The molecule has 0 unspecified atom stereocenters. The molecular weight excluding hydrogens is 248 g/mol. The summed E-state index contributed by atoms with van der Waals surface area (Å²) in [6.07, 6.45) is 3.41. The van der Waals surface area contributed by atoms with Gasteiger partial charge in [-0.15, -0.1) is 6.58 Å². The second kappa shape index (κ2) is 4.92. The summed E-state index contributed by atoms with van der Waals surface area (Å²) < 4.78 is 26.3. The van der Waals surface area contributed by atoms with E-state index in [4.69, 9.17) is 5.26 Å². The highest BCUT2D eigenvalue weighted by molar-refractivity contribution is 7.89. The van der Waals surface area contributed by atoms with Crippen LogP contribution in [0, 0.1) is 11.3 Å². The Bertz CT molecular complexity index is 580. The van der Waals surface area contributed by atoms with E-state index in [1.807, 2.05) is 6.07 Å². The van der Waals surface area contributed by atoms with E-state index in [0.717, 1.165) is 12.8 Å². The van der Waals surface area contributed by atoms with E-state index >= 15 is 0 Å². The first-order valence-corrected chi connectivity index (χ1v) is 7.16. The summed E-state index contributed by atoms with van der Waals surface area (Å²) in [7, 11) is -3.47. The van der Waals surface area contributed by atoms with Crippen molar-refractivity contribution in [2.75, 3.05) is 6.54 Å². The Morgan fingerprint density at radius 3 is 2.44 bits per heavy atom. The summed E-state index contributed by atoms with van der Waals surface area (Å²) in [5.74, 6) is 0. The lowest BCUT2D eigenvalue weighted by molar-refractivity contribution is 0.436. The highest BCUT2D eigenvalue weighted by Crippen LogP contribution is 2.31. The fraction of sp³-hybridized carbons (Fsp3) is 0.308. The Balaban J connectivity index is 2.33. The van der Waals surface area contributed by atoms with E-state index in [0.29, 0.717) is 12.1 Å². The highest BCUT2D eigenvalue weighted by Gasteiger charge is 2.37. The van der Waals surface area contributed by atoms with Gasteiger partial charge in [0.2, 0.25) is 10.0 Å². The molecule has 1 aromatic carbocycles. The third-order valence-electron chi connectivity index (χ3n) is 2.85. The van der Waals surface area contributed by atoms with Crippen LogP contribution < -0.4 is 0 Å². The summed E-state index contributed by atoms with van der Waals surface area (Å²) in [6.45, 7) is 3.92. The number of hydrogen-bond acceptors (Lipinski definition) is 3. The Morgan fingerprint density at radius 1 is 1.39 bits per heavy atom. The summed E-state index contributed by atoms with van der Waals surface area (Å²) >= 11 is 0. The van der Waals surface area contributed by atoms with Crippen LogP contribution in [0.15, 0.2) is 41.8 Å². The molecule has 0 N–H and O–H groups in total. The molecule has 4 nitrogen and oxygen atoms in total. The number of nitrogens with zero attached hydrogens (tertiary/aromatic N) is 2. The Morgan fingerprint density at radius 2 is 2.00 bits per heavy atom. The van der Waals surface area contributed by atoms with Gasteiger partial charge in [0.25, 0.3) is 0 Å². The fourth-order valence-electron chi connectivity index (χ4n) is 1.77. The Hall–Kier alpha value is -1.64. The number of sulfonamides is 1. The lowest BCUT2D eigenvalue weighted by Gasteiger charge is -2.20. The monoisotopic (exact) mass is 262 g/mol. The third-order valence-corrected chi connectivity index (χ3v) is 4.79. The van der Waals surface area contributed by atoms with Gasteiger partial charge in [0, 0.05) is 12.6 Å². The highest BCUT2D eigenvalue weighted by atomic mass is 32.2. The number of hydrogen-bond donors (Lipinski definition) is 0. The van der Waals surface area contributed by atoms with Gasteiger partial charge in [0.1, 0.15) is 0 Å². The van der Waals surface area contributed by atoms with Crippen LogP contribution in [0.25, 0.3) is 0 Å². The first-order valence-electron chi connectivity index (χ1n) is 5.72. The molecule has 0 amide bonds. The molecule has 0 bridgehead atoms. The first-order chi connectivity index (χ1) is 8.59. The standard InChI is InChI=1S/C13H14N2O2S/c1-2-9-15(12-5-6-12)18(16,17)13-7-3-11(10-14)4-8-13/h2-4,7-8,12H,1,5-6,9H2. The van der Waals surface area contributed by atoms with E-state index in [1.165, 1.54) is 28.6 Å². The van der Waals surface area contributed by atoms with Crippen LogP contribution >= 0.6 is 0 Å². The van der Waals surface area contributed by atoms with Gasteiger partial charge in [-0.1, -0.05) is 6.08 Å². The van der Waals surface area contributed by atoms with Crippen molar-refractivity contribution in [3.8, 4) is 6.07 Å². The van der Waals surface area contributed by atoms with Crippen molar-refractivity contribution in [3.63, 3.8) is 0 Å². The maximum Gasteiger partial charge on any atom is 0.243 e. The molecule has 5 heteroatoms. The molecule has 0 atom stereocenters. The van der Waals surface area contributed by atoms with Crippen molar-refractivity contribution in [3.05, 3.63) is 42.5 Å². The minimum atomic E-state index is -3.47. The normalized spacial score (nSPS) is 15.3. The predicted octanol–water partition coefficient (Wildman–Crippen LogP) is 1.90. The minimum Gasteiger partial charge on any atom is -0.207 e. The first kappa shape index (κ1) is 12.8. The molecule has 0 spiro atoms. The molecule has 1 fully saturated rings. The van der Waals surface area contributed by atoms with E-state index < -0.39 is 10.0 Å². The third kappa shape index (κ3) is 2.45. The number of rotatable bonds is 5. The molecule has 1 aromatic rings. The molecule has 0 aromatic heterocycles. The van der Waals surface area contributed by atoms with Crippen LogP contribution in [0.3, 0.4) is 0 Å². The van der Waals surface area contributed by atoms with Gasteiger partial charge in [-0.3, -0.25) is 0 Å². The molecule has 18 heavy (non-hydrogen) atoms. The van der Waals surface area contributed by atoms with Gasteiger partial charge >= 0.3 is 0 Å². The zero-order valence-corrected chi connectivity index (χ0v) is 10.7. The smallest absolute Gasteiger partial charge is 0.207 e. The molecule has 1 saturated carbocycles. The van der Waals surface area contributed by atoms with Crippen LogP contribution in [0.1, 0.15) is 18.4 Å². The van der Waals surface area contributed by atoms with Gasteiger partial charge < -0.3 is 0 Å². The van der Waals surface area contributed by atoms with Crippen LogP contribution in [-0.2, 0) is 10.0 Å². The average molecular weight is 262 g/mol. The summed E-state index contributed by atoms with van der Waals surface area (Å²) in [4.78, 5) is 0.232. The molecule has 94 valence electrons. The second-order valence-corrected chi connectivity index (χ2v) is 6.12. The quantitative estimate of drug-likeness (QED) is 0.761. The van der Waals surface area contributed by atoms with Crippen molar-refractivity contribution in [1.82, 2.24) is 4.31 Å². The molecule has 0 aliphatic heterocycles.